The second kappa shape index (κ2) is 8.44. The Hall–Kier alpha value is -1.93. The molecule has 1 aliphatic heterocycles. The van der Waals surface area contributed by atoms with Gasteiger partial charge in [-0.05, 0) is 50.9 Å². The Morgan fingerprint density at radius 2 is 1.90 bits per heavy atom. The highest BCUT2D eigenvalue weighted by Crippen LogP contribution is 2.52. The van der Waals surface area contributed by atoms with Crippen molar-refractivity contribution in [2.24, 2.45) is 10.8 Å². The summed E-state index contributed by atoms with van der Waals surface area (Å²) in [6, 6.07) is 16.4. The summed E-state index contributed by atoms with van der Waals surface area (Å²) in [6.45, 7) is 4.62. The molecule has 0 spiro atoms. The number of nitrogens with two attached hydrogens (primary N) is 1. The first-order valence-corrected chi connectivity index (χ1v) is 11.4. The van der Waals surface area contributed by atoms with Gasteiger partial charge >= 0.3 is 0 Å². The Labute approximate surface area is 184 Å². The van der Waals surface area contributed by atoms with Gasteiger partial charge in [-0.3, -0.25) is 0 Å². The Balaban J connectivity index is 1.88. The van der Waals surface area contributed by atoms with Crippen molar-refractivity contribution in [1.82, 2.24) is 10.2 Å². The topological polar surface area (TPSA) is 67.4 Å². The molecule has 2 aromatic carbocycles. The van der Waals surface area contributed by atoms with Gasteiger partial charge in [0.2, 0.25) is 5.13 Å². The van der Waals surface area contributed by atoms with Gasteiger partial charge in [-0.15, -0.1) is 10.2 Å². The van der Waals surface area contributed by atoms with Crippen molar-refractivity contribution in [3.8, 4) is 0 Å². The zero-order valence-corrected chi connectivity index (χ0v) is 18.7. The molecule has 0 bridgehead atoms. The fraction of sp³-hybridized carbons (Fsp3) is 0.286. The van der Waals surface area contributed by atoms with Crippen molar-refractivity contribution < 1.29 is 0 Å². The zero-order chi connectivity index (χ0) is 20.4. The first-order chi connectivity index (χ1) is 14.0. The Kier molecular flexibility index (Phi) is 5.92. The number of nitrogens with zero attached hydrogens (tertiary/aromatic N) is 4. The minimum atomic E-state index is -0.449. The van der Waals surface area contributed by atoms with Crippen molar-refractivity contribution in [3.05, 3.63) is 75.3 Å². The number of thioether (sulfide) groups is 1. The van der Waals surface area contributed by atoms with Gasteiger partial charge in [0.1, 0.15) is 14.9 Å². The lowest BCUT2D eigenvalue weighted by atomic mass is 10.0. The van der Waals surface area contributed by atoms with Crippen LogP contribution in [0.1, 0.15) is 34.5 Å². The molecule has 0 radical (unpaired) electrons. The van der Waals surface area contributed by atoms with Crippen molar-refractivity contribution >= 4 is 44.9 Å². The van der Waals surface area contributed by atoms with Crippen LogP contribution in [-0.4, -0.2) is 21.8 Å². The average Bonchev–Trinajstić information content (AvgIpc) is 3.33. The molecule has 0 saturated heterocycles. The fourth-order valence-electron chi connectivity index (χ4n) is 3.40. The summed E-state index contributed by atoms with van der Waals surface area (Å²) in [7, 11) is 0. The van der Waals surface area contributed by atoms with E-state index in [0.29, 0.717) is 11.6 Å². The van der Waals surface area contributed by atoms with Crippen LogP contribution in [0.5, 0.6) is 0 Å². The van der Waals surface area contributed by atoms with Gasteiger partial charge in [0, 0.05) is 5.56 Å². The number of anilines is 1. The molecule has 2 heterocycles. The van der Waals surface area contributed by atoms with E-state index >= 15 is 0 Å². The summed E-state index contributed by atoms with van der Waals surface area (Å²) in [4.78, 5) is -0.449. The van der Waals surface area contributed by atoms with E-state index in [1.165, 1.54) is 11.3 Å². The Morgan fingerprint density at radius 3 is 2.59 bits per heavy atom. The number of hydrazone groups is 1. The monoisotopic (exact) mass is 443 g/mol. The lowest BCUT2D eigenvalue weighted by molar-refractivity contribution is 0.525. The third-order valence-electron chi connectivity index (χ3n) is 4.79. The molecule has 1 aromatic heterocycles. The molecular weight excluding hydrogens is 422 g/mol. The SMILES string of the molecule is Cc1ccc(Cl)c(C2=NN(c3nnc(C)s3)C(CCCN)(c3ccccc3)S2)c1. The summed E-state index contributed by atoms with van der Waals surface area (Å²) in [6.07, 6.45) is 1.69. The van der Waals surface area contributed by atoms with Crippen LogP contribution >= 0.6 is 34.7 Å². The molecule has 4 rings (SSSR count). The third kappa shape index (κ3) is 3.92. The molecule has 8 heteroatoms. The standard InChI is InChI=1S/C21H22ClN5S2/c1-14-9-10-18(22)17(13-14)19-26-27(20-25-24-15(2)28-20)21(29-19,11-6-12-23)16-7-4-3-5-8-16/h3-5,7-10,13H,6,11-12,23H2,1-2H3. The summed E-state index contributed by atoms with van der Waals surface area (Å²) in [5.41, 5.74) is 9.15. The van der Waals surface area contributed by atoms with Gasteiger partial charge in [-0.2, -0.15) is 5.10 Å². The lowest BCUT2D eigenvalue weighted by Gasteiger charge is -2.35. The molecular formula is C21H22ClN5S2. The van der Waals surface area contributed by atoms with E-state index in [1.807, 2.05) is 30.1 Å². The van der Waals surface area contributed by atoms with E-state index in [1.54, 1.807) is 11.8 Å². The maximum Gasteiger partial charge on any atom is 0.230 e. The fourth-order valence-corrected chi connectivity index (χ4v) is 5.87. The van der Waals surface area contributed by atoms with Crippen LogP contribution in [0.15, 0.2) is 53.6 Å². The van der Waals surface area contributed by atoms with Crippen LogP contribution in [0.4, 0.5) is 5.13 Å². The highest BCUT2D eigenvalue weighted by Gasteiger charge is 2.47. The number of aryl methyl sites for hydroxylation is 2. The summed E-state index contributed by atoms with van der Waals surface area (Å²) < 4.78 is 0. The number of hydrogen-bond acceptors (Lipinski definition) is 7. The number of rotatable bonds is 6. The molecule has 29 heavy (non-hydrogen) atoms. The molecule has 1 unspecified atom stereocenters. The number of halogens is 1. The van der Waals surface area contributed by atoms with Crippen LogP contribution in [0, 0.1) is 13.8 Å². The molecule has 3 aromatic rings. The largest absolute Gasteiger partial charge is 0.330 e. The number of benzene rings is 2. The minimum absolute atomic E-state index is 0.449. The van der Waals surface area contributed by atoms with Gasteiger partial charge < -0.3 is 5.73 Å². The first-order valence-electron chi connectivity index (χ1n) is 9.43. The predicted octanol–water partition coefficient (Wildman–Crippen LogP) is 5.32. The van der Waals surface area contributed by atoms with E-state index in [4.69, 9.17) is 22.4 Å². The number of aromatic nitrogens is 2. The third-order valence-corrected chi connectivity index (χ3v) is 7.38. The second-order valence-corrected chi connectivity index (χ2v) is 9.78. The molecule has 5 nitrogen and oxygen atoms in total. The van der Waals surface area contributed by atoms with Crippen LogP contribution in [0.2, 0.25) is 5.02 Å². The predicted molar refractivity (Wildman–Crippen MR) is 124 cm³/mol. The van der Waals surface area contributed by atoms with E-state index in [0.717, 1.165) is 44.7 Å². The second-order valence-electron chi connectivity index (χ2n) is 6.95. The minimum Gasteiger partial charge on any atom is -0.330 e. The van der Waals surface area contributed by atoms with Crippen LogP contribution in [0.3, 0.4) is 0 Å². The smallest absolute Gasteiger partial charge is 0.230 e. The molecule has 0 saturated carbocycles. The molecule has 1 aliphatic rings. The van der Waals surface area contributed by atoms with Crippen LogP contribution < -0.4 is 10.7 Å². The summed E-state index contributed by atoms with van der Waals surface area (Å²) in [5.74, 6) is 0. The lowest BCUT2D eigenvalue weighted by Crippen LogP contribution is -2.38. The highest BCUT2D eigenvalue weighted by molar-refractivity contribution is 8.15. The van der Waals surface area contributed by atoms with Gasteiger partial charge in [0.15, 0.2) is 0 Å². The molecule has 0 amide bonds. The normalized spacial score (nSPS) is 18.9. The maximum absolute atomic E-state index is 6.56. The first kappa shape index (κ1) is 20.3. The van der Waals surface area contributed by atoms with E-state index < -0.39 is 4.87 Å². The van der Waals surface area contributed by atoms with Crippen LogP contribution in [0.25, 0.3) is 0 Å². The maximum atomic E-state index is 6.56. The molecule has 0 aliphatic carbocycles. The number of hydrogen-bond donors (Lipinski definition) is 1. The van der Waals surface area contributed by atoms with Gasteiger partial charge in [-0.25, -0.2) is 5.01 Å². The highest BCUT2D eigenvalue weighted by atomic mass is 35.5. The van der Waals surface area contributed by atoms with Crippen molar-refractivity contribution in [1.29, 1.82) is 0 Å². The van der Waals surface area contributed by atoms with Gasteiger partial charge in [0.05, 0.1) is 5.02 Å². The van der Waals surface area contributed by atoms with Crippen molar-refractivity contribution in [3.63, 3.8) is 0 Å². The van der Waals surface area contributed by atoms with E-state index in [-0.39, 0.29) is 0 Å². The Morgan fingerprint density at radius 1 is 1.10 bits per heavy atom. The Bertz CT molecular complexity index is 1040. The van der Waals surface area contributed by atoms with E-state index in [2.05, 4.69) is 47.5 Å². The van der Waals surface area contributed by atoms with Crippen molar-refractivity contribution in [2.45, 2.75) is 31.6 Å². The van der Waals surface area contributed by atoms with Gasteiger partial charge in [-0.1, -0.05) is 76.7 Å². The van der Waals surface area contributed by atoms with Crippen LogP contribution in [-0.2, 0) is 4.87 Å². The van der Waals surface area contributed by atoms with Crippen molar-refractivity contribution in [2.75, 3.05) is 11.6 Å². The summed E-state index contributed by atoms with van der Waals surface area (Å²) in [5, 5.41) is 18.9. The molecule has 1 atom stereocenters. The summed E-state index contributed by atoms with van der Waals surface area (Å²) >= 11 is 9.81. The zero-order valence-electron chi connectivity index (χ0n) is 16.3. The molecule has 2 N–H and O–H groups in total. The van der Waals surface area contributed by atoms with E-state index in [9.17, 15) is 0 Å². The molecule has 0 fully saturated rings. The van der Waals surface area contributed by atoms with Gasteiger partial charge in [0.25, 0.3) is 0 Å². The average molecular weight is 444 g/mol. The molecule has 150 valence electrons. The quantitative estimate of drug-likeness (QED) is 0.558.